The van der Waals surface area contributed by atoms with Crippen LogP contribution >= 0.6 is 0 Å². The summed E-state index contributed by atoms with van der Waals surface area (Å²) in [7, 11) is 0. The number of aliphatic hydroxyl groups excluding tert-OH is 1. The summed E-state index contributed by atoms with van der Waals surface area (Å²) in [5, 5.41) is 33.4. The summed E-state index contributed by atoms with van der Waals surface area (Å²) >= 11 is 0. The first kappa shape index (κ1) is 16.5. The molecule has 132 valence electrons. The van der Waals surface area contributed by atoms with E-state index in [4.69, 9.17) is 4.74 Å². The van der Waals surface area contributed by atoms with Gasteiger partial charge in [0.25, 0.3) is 0 Å². The van der Waals surface area contributed by atoms with Crippen LogP contribution in [0.4, 0.5) is 0 Å². The van der Waals surface area contributed by atoms with Crippen LogP contribution < -0.4 is 0 Å². The number of hydrogen-bond acceptors (Lipinski definition) is 5. The lowest BCUT2D eigenvalue weighted by atomic mass is 9.84. The molecule has 0 bridgehead atoms. The highest BCUT2D eigenvalue weighted by Crippen LogP contribution is 2.51. The summed E-state index contributed by atoms with van der Waals surface area (Å²) in [5.41, 5.74) is 2.06. The molecular formula is C19H23N3O3. The standard InChI is InChI=1S/C19H23N3O3/c1-18(2)9-12(5-8-25-18)13-3-4-14-15(19(11-20)6-7-19)16(17(23)24)21-22(14)10-13/h3-4,10,12,17,23-24H,5-9H2,1-2H3/t12-/m0/s1. The molecule has 3 heterocycles. The number of aliphatic hydroxyl groups is 2. The average Bonchev–Trinajstić information content (AvgIpc) is 3.26. The van der Waals surface area contributed by atoms with Crippen LogP contribution in [0, 0.1) is 11.3 Å². The topological polar surface area (TPSA) is 90.8 Å². The van der Waals surface area contributed by atoms with Crippen molar-refractivity contribution in [3.63, 3.8) is 0 Å². The van der Waals surface area contributed by atoms with E-state index < -0.39 is 11.7 Å². The van der Waals surface area contributed by atoms with Crippen molar-refractivity contribution < 1.29 is 14.9 Å². The fourth-order valence-corrected chi connectivity index (χ4v) is 4.05. The number of nitrogens with zero attached hydrogens (tertiary/aromatic N) is 3. The lowest BCUT2D eigenvalue weighted by molar-refractivity contribution is -0.0593. The lowest BCUT2D eigenvalue weighted by Gasteiger charge is -2.35. The third kappa shape index (κ3) is 2.73. The van der Waals surface area contributed by atoms with Gasteiger partial charge < -0.3 is 14.9 Å². The van der Waals surface area contributed by atoms with Crippen molar-refractivity contribution in [3.8, 4) is 6.07 Å². The van der Waals surface area contributed by atoms with Gasteiger partial charge in [-0.1, -0.05) is 6.07 Å². The smallest absolute Gasteiger partial charge is 0.198 e. The predicted molar refractivity (Wildman–Crippen MR) is 90.9 cm³/mol. The minimum absolute atomic E-state index is 0.140. The highest BCUT2D eigenvalue weighted by molar-refractivity contribution is 5.65. The fraction of sp³-hybridized carbons (Fsp3) is 0.579. The molecule has 2 N–H and O–H groups in total. The summed E-state index contributed by atoms with van der Waals surface area (Å²) in [6.45, 7) is 4.94. The molecule has 1 saturated carbocycles. The van der Waals surface area contributed by atoms with E-state index in [1.165, 1.54) is 5.56 Å². The van der Waals surface area contributed by atoms with Gasteiger partial charge in [0.1, 0.15) is 5.69 Å². The van der Waals surface area contributed by atoms with Gasteiger partial charge in [0.05, 0.1) is 22.6 Å². The van der Waals surface area contributed by atoms with E-state index in [-0.39, 0.29) is 11.3 Å². The Morgan fingerprint density at radius 2 is 2.12 bits per heavy atom. The summed E-state index contributed by atoms with van der Waals surface area (Å²) < 4.78 is 7.51. The van der Waals surface area contributed by atoms with Crippen molar-refractivity contribution in [2.75, 3.05) is 6.61 Å². The molecule has 4 rings (SSSR count). The highest BCUT2D eigenvalue weighted by Gasteiger charge is 2.49. The summed E-state index contributed by atoms with van der Waals surface area (Å²) in [4.78, 5) is 0. The van der Waals surface area contributed by atoms with Gasteiger partial charge in [-0.25, -0.2) is 4.52 Å². The van der Waals surface area contributed by atoms with Crippen LogP contribution in [0.25, 0.3) is 5.52 Å². The molecule has 0 aromatic carbocycles. The number of rotatable bonds is 3. The van der Waals surface area contributed by atoms with E-state index in [1.807, 2.05) is 12.3 Å². The number of ether oxygens (including phenoxy) is 1. The van der Waals surface area contributed by atoms with Crippen molar-refractivity contribution in [3.05, 3.63) is 35.2 Å². The Bertz CT molecular complexity index is 859. The van der Waals surface area contributed by atoms with E-state index in [0.717, 1.165) is 37.8 Å². The Morgan fingerprint density at radius 3 is 2.72 bits per heavy atom. The largest absolute Gasteiger partial charge is 0.376 e. The molecule has 6 heteroatoms. The number of aromatic nitrogens is 2. The molecule has 2 fully saturated rings. The van der Waals surface area contributed by atoms with Gasteiger partial charge in [-0.05, 0) is 57.1 Å². The Kier molecular flexibility index (Phi) is 3.66. The molecule has 1 saturated heterocycles. The molecule has 6 nitrogen and oxygen atoms in total. The van der Waals surface area contributed by atoms with Crippen LogP contribution in [-0.2, 0) is 10.2 Å². The molecule has 25 heavy (non-hydrogen) atoms. The van der Waals surface area contributed by atoms with Crippen molar-refractivity contribution >= 4 is 5.52 Å². The van der Waals surface area contributed by atoms with Gasteiger partial charge in [-0.2, -0.15) is 10.4 Å². The Labute approximate surface area is 146 Å². The second kappa shape index (κ2) is 5.53. The van der Waals surface area contributed by atoms with Crippen LogP contribution in [0.1, 0.15) is 68.6 Å². The summed E-state index contributed by atoms with van der Waals surface area (Å²) in [6, 6.07) is 6.38. The van der Waals surface area contributed by atoms with E-state index in [9.17, 15) is 15.5 Å². The van der Waals surface area contributed by atoms with Gasteiger partial charge in [0.2, 0.25) is 0 Å². The highest BCUT2D eigenvalue weighted by atomic mass is 16.5. The summed E-state index contributed by atoms with van der Waals surface area (Å²) in [6.07, 6.45) is 3.65. The molecule has 0 spiro atoms. The van der Waals surface area contributed by atoms with Gasteiger partial charge in [0, 0.05) is 18.4 Å². The number of pyridine rings is 1. The lowest BCUT2D eigenvalue weighted by Crippen LogP contribution is -2.33. The van der Waals surface area contributed by atoms with Gasteiger partial charge >= 0.3 is 0 Å². The van der Waals surface area contributed by atoms with Gasteiger partial charge in [0.15, 0.2) is 6.29 Å². The minimum atomic E-state index is -1.67. The predicted octanol–water partition coefficient (Wildman–Crippen LogP) is 2.55. The van der Waals surface area contributed by atoms with Crippen molar-refractivity contribution in [2.24, 2.45) is 0 Å². The second-order valence-electron chi connectivity index (χ2n) is 7.92. The van der Waals surface area contributed by atoms with Crippen molar-refractivity contribution in [1.82, 2.24) is 9.61 Å². The SMILES string of the molecule is CC1(C)C[C@@H](c2ccc3c(C4(C#N)CC4)c(C(O)O)nn3c2)CCO1. The maximum Gasteiger partial charge on any atom is 0.198 e. The molecule has 2 aliphatic rings. The first-order valence-electron chi connectivity index (χ1n) is 8.79. The zero-order chi connectivity index (χ0) is 17.8. The first-order chi connectivity index (χ1) is 11.9. The number of hydrogen-bond donors (Lipinski definition) is 2. The van der Waals surface area contributed by atoms with Gasteiger partial charge in [-0.15, -0.1) is 0 Å². The quantitative estimate of drug-likeness (QED) is 0.837. The maximum atomic E-state index is 9.73. The molecule has 1 aliphatic heterocycles. The third-order valence-electron chi connectivity index (χ3n) is 5.54. The normalized spacial score (nSPS) is 24.4. The van der Waals surface area contributed by atoms with Crippen LogP contribution in [-0.4, -0.2) is 32.0 Å². The van der Waals surface area contributed by atoms with E-state index >= 15 is 0 Å². The van der Waals surface area contributed by atoms with E-state index in [2.05, 4.69) is 31.1 Å². The zero-order valence-electron chi connectivity index (χ0n) is 14.6. The van der Waals surface area contributed by atoms with Gasteiger partial charge in [-0.3, -0.25) is 0 Å². The zero-order valence-corrected chi connectivity index (χ0v) is 14.6. The molecule has 1 aliphatic carbocycles. The molecule has 2 aromatic rings. The van der Waals surface area contributed by atoms with Crippen LogP contribution in [0.3, 0.4) is 0 Å². The third-order valence-corrected chi connectivity index (χ3v) is 5.54. The Balaban J connectivity index is 1.79. The van der Waals surface area contributed by atoms with Crippen LogP contribution in [0.5, 0.6) is 0 Å². The van der Waals surface area contributed by atoms with E-state index in [1.54, 1.807) is 4.52 Å². The molecule has 2 aromatic heterocycles. The Hall–Kier alpha value is -1.94. The molecule has 0 amide bonds. The first-order valence-corrected chi connectivity index (χ1v) is 8.79. The van der Waals surface area contributed by atoms with Crippen molar-refractivity contribution in [1.29, 1.82) is 5.26 Å². The number of fused-ring (bicyclic) bond motifs is 1. The maximum absolute atomic E-state index is 9.73. The van der Waals surface area contributed by atoms with Crippen LogP contribution in [0.2, 0.25) is 0 Å². The van der Waals surface area contributed by atoms with Crippen molar-refractivity contribution in [2.45, 2.75) is 62.8 Å². The Morgan fingerprint density at radius 1 is 1.36 bits per heavy atom. The van der Waals surface area contributed by atoms with Crippen LogP contribution in [0.15, 0.2) is 18.3 Å². The van der Waals surface area contributed by atoms with E-state index in [0.29, 0.717) is 11.5 Å². The monoisotopic (exact) mass is 341 g/mol. The average molecular weight is 341 g/mol. The molecule has 0 unspecified atom stereocenters. The fourth-order valence-electron chi connectivity index (χ4n) is 4.05. The molecule has 1 atom stereocenters. The molecular weight excluding hydrogens is 318 g/mol. The minimum Gasteiger partial charge on any atom is -0.376 e. The molecule has 0 radical (unpaired) electrons. The second-order valence-corrected chi connectivity index (χ2v) is 7.92. The summed E-state index contributed by atoms with van der Waals surface area (Å²) in [5.74, 6) is 0.383. The number of nitriles is 1.